The van der Waals surface area contributed by atoms with Crippen molar-refractivity contribution in [3.8, 4) is 0 Å². The predicted molar refractivity (Wildman–Crippen MR) is 93.4 cm³/mol. The third-order valence-corrected chi connectivity index (χ3v) is 5.22. The maximum absolute atomic E-state index is 12.7. The Morgan fingerprint density at radius 2 is 1.84 bits per heavy atom. The van der Waals surface area contributed by atoms with Gasteiger partial charge < -0.3 is 14.7 Å². The maximum Gasteiger partial charge on any atom is 0.326 e. The van der Waals surface area contributed by atoms with Gasteiger partial charge in [-0.15, -0.1) is 0 Å². The fraction of sp³-hybridized carbons (Fsp3) is 0.579. The normalized spacial score (nSPS) is 24.9. The van der Waals surface area contributed by atoms with Crippen LogP contribution >= 0.6 is 0 Å². The van der Waals surface area contributed by atoms with Crippen LogP contribution in [0.3, 0.4) is 0 Å². The number of likely N-dealkylation sites (tertiary alicyclic amines) is 1. The zero-order chi connectivity index (χ0) is 17.8. The average molecular weight is 346 g/mol. The quantitative estimate of drug-likeness (QED) is 0.890. The predicted octanol–water partition coefficient (Wildman–Crippen LogP) is 1.31. The molecule has 2 aliphatic rings. The minimum Gasteiger partial charge on any atom is -0.480 e. The van der Waals surface area contributed by atoms with Crippen LogP contribution < -0.4 is 0 Å². The third-order valence-electron chi connectivity index (χ3n) is 5.22. The number of piperidine rings is 1. The number of benzene rings is 1. The van der Waals surface area contributed by atoms with Crippen LogP contribution in [0.2, 0.25) is 0 Å². The number of carbonyl (C=O) groups is 2. The highest BCUT2D eigenvalue weighted by Crippen LogP contribution is 2.24. The SMILES string of the molecule is Cc1ccc(CC(=O)N2CC[C@@H](N3CCOCC3)C[C@H]2C(=O)O)cc1. The average Bonchev–Trinajstić information content (AvgIpc) is 2.63. The van der Waals surface area contributed by atoms with Crippen LogP contribution in [0.25, 0.3) is 0 Å². The van der Waals surface area contributed by atoms with E-state index >= 15 is 0 Å². The van der Waals surface area contributed by atoms with Crippen molar-refractivity contribution >= 4 is 11.9 Å². The first-order valence-corrected chi connectivity index (χ1v) is 8.94. The van der Waals surface area contributed by atoms with Gasteiger partial charge in [-0.1, -0.05) is 29.8 Å². The van der Waals surface area contributed by atoms with Crippen LogP contribution in [-0.2, 0) is 20.7 Å². The Hall–Kier alpha value is -1.92. The molecule has 3 rings (SSSR count). The zero-order valence-electron chi connectivity index (χ0n) is 14.7. The second-order valence-electron chi connectivity index (χ2n) is 6.93. The molecule has 136 valence electrons. The van der Waals surface area contributed by atoms with E-state index in [2.05, 4.69) is 4.90 Å². The summed E-state index contributed by atoms with van der Waals surface area (Å²) in [5.74, 6) is -1.01. The molecule has 1 aromatic carbocycles. The Balaban J connectivity index is 1.65. The molecule has 2 saturated heterocycles. The van der Waals surface area contributed by atoms with Gasteiger partial charge in [-0.05, 0) is 25.3 Å². The lowest BCUT2D eigenvalue weighted by Crippen LogP contribution is -2.56. The summed E-state index contributed by atoms with van der Waals surface area (Å²) in [5.41, 5.74) is 2.07. The number of rotatable bonds is 4. The molecule has 1 aromatic rings. The van der Waals surface area contributed by atoms with Gasteiger partial charge in [0.15, 0.2) is 0 Å². The van der Waals surface area contributed by atoms with E-state index in [1.54, 1.807) is 4.90 Å². The molecular weight excluding hydrogens is 320 g/mol. The molecule has 6 nitrogen and oxygen atoms in total. The largest absolute Gasteiger partial charge is 0.480 e. The molecule has 0 bridgehead atoms. The molecule has 1 N–H and O–H groups in total. The molecule has 6 heteroatoms. The number of nitrogens with zero attached hydrogens (tertiary/aromatic N) is 2. The van der Waals surface area contributed by atoms with Crippen LogP contribution in [0.15, 0.2) is 24.3 Å². The molecule has 25 heavy (non-hydrogen) atoms. The number of morpholine rings is 1. The standard InChI is InChI=1S/C19H26N2O4/c1-14-2-4-15(5-3-14)12-18(22)21-7-6-16(13-17(21)19(23)24)20-8-10-25-11-9-20/h2-5,16-17H,6-13H2,1H3,(H,23,24)/t16-,17+/m1/s1. The van der Waals surface area contributed by atoms with Crippen molar-refractivity contribution in [2.45, 2.75) is 38.3 Å². The van der Waals surface area contributed by atoms with Crippen LogP contribution in [-0.4, -0.2) is 71.7 Å². The van der Waals surface area contributed by atoms with Gasteiger partial charge in [-0.25, -0.2) is 4.79 Å². The molecular formula is C19H26N2O4. The minimum atomic E-state index is -0.907. The highest BCUT2D eigenvalue weighted by atomic mass is 16.5. The molecule has 0 spiro atoms. The Morgan fingerprint density at radius 1 is 1.16 bits per heavy atom. The van der Waals surface area contributed by atoms with E-state index in [4.69, 9.17) is 4.74 Å². The summed E-state index contributed by atoms with van der Waals surface area (Å²) in [5, 5.41) is 9.64. The summed E-state index contributed by atoms with van der Waals surface area (Å²) in [6.45, 7) is 5.59. The fourth-order valence-electron chi connectivity index (χ4n) is 3.74. The van der Waals surface area contributed by atoms with E-state index in [1.165, 1.54) is 0 Å². The lowest BCUT2D eigenvalue weighted by atomic mass is 9.94. The van der Waals surface area contributed by atoms with E-state index < -0.39 is 12.0 Å². The highest BCUT2D eigenvalue weighted by molar-refractivity contribution is 5.85. The van der Waals surface area contributed by atoms with Crippen molar-refractivity contribution in [1.82, 2.24) is 9.80 Å². The van der Waals surface area contributed by atoms with Crippen LogP contribution in [0.4, 0.5) is 0 Å². The highest BCUT2D eigenvalue weighted by Gasteiger charge is 2.38. The lowest BCUT2D eigenvalue weighted by molar-refractivity contribution is -0.153. The van der Waals surface area contributed by atoms with Gasteiger partial charge in [0, 0.05) is 25.7 Å². The number of amides is 1. The summed E-state index contributed by atoms with van der Waals surface area (Å²) in [4.78, 5) is 28.3. The van der Waals surface area contributed by atoms with Gasteiger partial charge in [0.1, 0.15) is 6.04 Å². The van der Waals surface area contributed by atoms with Gasteiger partial charge >= 0.3 is 5.97 Å². The van der Waals surface area contributed by atoms with Crippen molar-refractivity contribution in [2.24, 2.45) is 0 Å². The maximum atomic E-state index is 12.7. The third kappa shape index (κ3) is 4.38. The topological polar surface area (TPSA) is 70.1 Å². The number of aliphatic carboxylic acids is 1. The van der Waals surface area contributed by atoms with E-state index in [0.29, 0.717) is 26.2 Å². The molecule has 2 atom stereocenters. The van der Waals surface area contributed by atoms with Gasteiger partial charge in [-0.3, -0.25) is 9.69 Å². The number of ether oxygens (including phenoxy) is 1. The summed E-state index contributed by atoms with van der Waals surface area (Å²) >= 11 is 0. The van der Waals surface area contributed by atoms with Gasteiger partial charge in [0.2, 0.25) is 5.91 Å². The van der Waals surface area contributed by atoms with Crippen molar-refractivity contribution in [1.29, 1.82) is 0 Å². The van der Waals surface area contributed by atoms with Crippen molar-refractivity contribution in [2.75, 3.05) is 32.8 Å². The molecule has 0 aliphatic carbocycles. The number of aryl methyl sites for hydroxylation is 1. The molecule has 0 unspecified atom stereocenters. The van der Waals surface area contributed by atoms with E-state index in [-0.39, 0.29) is 18.4 Å². The summed E-state index contributed by atoms with van der Waals surface area (Å²) in [6.07, 6.45) is 1.57. The lowest BCUT2D eigenvalue weighted by Gasteiger charge is -2.43. The summed E-state index contributed by atoms with van der Waals surface area (Å²) in [6, 6.07) is 7.30. The Kier molecular flexibility index (Phi) is 5.71. The molecule has 0 radical (unpaired) electrons. The van der Waals surface area contributed by atoms with Gasteiger partial charge in [0.25, 0.3) is 0 Å². The zero-order valence-corrected chi connectivity index (χ0v) is 14.7. The Labute approximate surface area is 148 Å². The number of carbonyl (C=O) groups excluding carboxylic acids is 1. The van der Waals surface area contributed by atoms with Gasteiger partial charge in [-0.2, -0.15) is 0 Å². The second kappa shape index (κ2) is 7.97. The fourth-order valence-corrected chi connectivity index (χ4v) is 3.74. The van der Waals surface area contributed by atoms with Gasteiger partial charge in [0.05, 0.1) is 19.6 Å². The smallest absolute Gasteiger partial charge is 0.326 e. The number of hydrogen-bond donors (Lipinski definition) is 1. The second-order valence-corrected chi connectivity index (χ2v) is 6.93. The van der Waals surface area contributed by atoms with Crippen molar-refractivity contribution < 1.29 is 19.4 Å². The minimum absolute atomic E-state index is 0.100. The molecule has 2 heterocycles. The Morgan fingerprint density at radius 3 is 2.48 bits per heavy atom. The molecule has 0 saturated carbocycles. The van der Waals surface area contributed by atoms with E-state index in [0.717, 1.165) is 30.6 Å². The first kappa shape index (κ1) is 17.9. The van der Waals surface area contributed by atoms with Crippen molar-refractivity contribution in [3.05, 3.63) is 35.4 Å². The first-order chi connectivity index (χ1) is 12.0. The summed E-state index contributed by atoms with van der Waals surface area (Å²) < 4.78 is 5.38. The monoisotopic (exact) mass is 346 g/mol. The van der Waals surface area contributed by atoms with E-state index in [9.17, 15) is 14.7 Å². The summed E-state index contributed by atoms with van der Waals surface area (Å²) in [7, 11) is 0. The van der Waals surface area contributed by atoms with Crippen LogP contribution in [0, 0.1) is 6.92 Å². The Bertz CT molecular complexity index is 610. The number of hydrogen-bond acceptors (Lipinski definition) is 4. The molecule has 2 aliphatic heterocycles. The van der Waals surface area contributed by atoms with Crippen LogP contribution in [0.1, 0.15) is 24.0 Å². The molecule has 1 amide bonds. The first-order valence-electron chi connectivity index (χ1n) is 8.94. The number of carboxylic acids is 1. The van der Waals surface area contributed by atoms with E-state index in [1.807, 2.05) is 31.2 Å². The number of carboxylic acid groups (broad SMARTS) is 1. The molecule has 0 aromatic heterocycles. The van der Waals surface area contributed by atoms with Crippen molar-refractivity contribution in [3.63, 3.8) is 0 Å². The molecule has 2 fully saturated rings. The van der Waals surface area contributed by atoms with Crippen LogP contribution in [0.5, 0.6) is 0 Å².